The summed E-state index contributed by atoms with van der Waals surface area (Å²) in [5.41, 5.74) is 1.88. The van der Waals surface area contributed by atoms with E-state index < -0.39 is 5.82 Å². The van der Waals surface area contributed by atoms with Crippen molar-refractivity contribution < 1.29 is 4.39 Å². The summed E-state index contributed by atoms with van der Waals surface area (Å²) in [5, 5.41) is 3.27. The number of anilines is 1. The van der Waals surface area contributed by atoms with Gasteiger partial charge in [0.15, 0.2) is 0 Å². The molecule has 2 aromatic rings. The average Bonchev–Trinajstić information content (AvgIpc) is 2.32. The van der Waals surface area contributed by atoms with Crippen molar-refractivity contribution in [3.63, 3.8) is 0 Å². The Labute approximate surface area is 98.9 Å². The highest BCUT2D eigenvalue weighted by Gasteiger charge is 2.00. The highest BCUT2D eigenvalue weighted by Crippen LogP contribution is 2.19. The maximum absolute atomic E-state index is 13.1. The van der Waals surface area contributed by atoms with Crippen molar-refractivity contribution in [1.29, 1.82) is 0 Å². The van der Waals surface area contributed by atoms with Crippen LogP contribution in [0.3, 0.4) is 0 Å². The van der Waals surface area contributed by atoms with Crippen LogP contribution >= 0.6 is 11.6 Å². The van der Waals surface area contributed by atoms with Crippen LogP contribution in [0.5, 0.6) is 0 Å². The minimum absolute atomic E-state index is 0.144. The first-order chi connectivity index (χ1) is 7.75. The predicted octanol–water partition coefficient (Wildman–Crippen LogP) is 4.09. The summed E-state index contributed by atoms with van der Waals surface area (Å²) in [4.78, 5) is 0. The number of nitrogens with one attached hydrogen (secondary N) is 1. The van der Waals surface area contributed by atoms with Crippen LogP contribution in [0, 0.1) is 5.82 Å². The van der Waals surface area contributed by atoms with Crippen molar-refractivity contribution >= 4 is 17.3 Å². The van der Waals surface area contributed by atoms with Crippen molar-refractivity contribution in [3.05, 3.63) is 64.9 Å². The molecule has 0 aliphatic heterocycles. The van der Waals surface area contributed by atoms with Crippen LogP contribution in [0.2, 0.25) is 5.02 Å². The van der Waals surface area contributed by atoms with Gasteiger partial charge in [0.1, 0.15) is 5.82 Å². The van der Waals surface area contributed by atoms with E-state index >= 15 is 0 Å². The third-order valence-corrected chi connectivity index (χ3v) is 2.57. The fourth-order valence-corrected chi connectivity index (χ4v) is 1.52. The second-order valence-electron chi connectivity index (χ2n) is 3.47. The van der Waals surface area contributed by atoms with E-state index in [1.165, 1.54) is 6.07 Å². The molecule has 82 valence electrons. The summed E-state index contributed by atoms with van der Waals surface area (Å²) in [6.07, 6.45) is 0. The predicted molar refractivity (Wildman–Crippen MR) is 65.2 cm³/mol. The molecular formula is C13H11ClFN. The Balaban J connectivity index is 2.03. The van der Waals surface area contributed by atoms with Crippen molar-refractivity contribution in [1.82, 2.24) is 0 Å². The fraction of sp³-hybridized carbons (Fsp3) is 0.0769. The van der Waals surface area contributed by atoms with Crippen LogP contribution in [-0.4, -0.2) is 0 Å². The van der Waals surface area contributed by atoms with E-state index in [1.807, 2.05) is 30.3 Å². The van der Waals surface area contributed by atoms with Crippen molar-refractivity contribution in [3.8, 4) is 0 Å². The van der Waals surface area contributed by atoms with Crippen LogP contribution in [-0.2, 0) is 6.54 Å². The van der Waals surface area contributed by atoms with Gasteiger partial charge >= 0.3 is 0 Å². The van der Waals surface area contributed by atoms with E-state index in [4.69, 9.17) is 11.6 Å². The Bertz CT molecular complexity index is 471. The average molecular weight is 236 g/mol. The minimum Gasteiger partial charge on any atom is -0.381 e. The van der Waals surface area contributed by atoms with E-state index in [2.05, 4.69) is 5.32 Å². The van der Waals surface area contributed by atoms with Gasteiger partial charge in [0, 0.05) is 12.2 Å². The van der Waals surface area contributed by atoms with E-state index in [1.54, 1.807) is 12.1 Å². The van der Waals surface area contributed by atoms with E-state index in [0.29, 0.717) is 6.54 Å². The molecule has 0 saturated heterocycles. The molecule has 0 saturated carbocycles. The fourth-order valence-electron chi connectivity index (χ4n) is 1.41. The molecule has 0 spiro atoms. The molecule has 0 aliphatic rings. The van der Waals surface area contributed by atoms with Crippen molar-refractivity contribution in [2.45, 2.75) is 6.54 Å². The molecule has 0 atom stereocenters. The molecule has 2 aromatic carbocycles. The smallest absolute Gasteiger partial charge is 0.143 e. The van der Waals surface area contributed by atoms with Gasteiger partial charge in [-0.15, -0.1) is 0 Å². The zero-order chi connectivity index (χ0) is 11.4. The summed E-state index contributed by atoms with van der Waals surface area (Å²) in [6, 6.07) is 14.6. The Morgan fingerprint density at radius 3 is 2.50 bits per heavy atom. The lowest BCUT2D eigenvalue weighted by atomic mass is 10.2. The molecule has 0 heterocycles. The maximum atomic E-state index is 13.1. The van der Waals surface area contributed by atoms with Crippen molar-refractivity contribution in [2.24, 2.45) is 0 Å². The lowest BCUT2D eigenvalue weighted by Crippen LogP contribution is -1.99. The first kappa shape index (κ1) is 11.0. The topological polar surface area (TPSA) is 12.0 Å². The summed E-state index contributed by atoms with van der Waals surface area (Å²) in [6.45, 7) is 0.669. The first-order valence-corrected chi connectivity index (χ1v) is 5.36. The van der Waals surface area contributed by atoms with Gasteiger partial charge in [-0.1, -0.05) is 41.9 Å². The Hall–Kier alpha value is -1.54. The molecular weight excluding hydrogens is 225 g/mol. The monoisotopic (exact) mass is 235 g/mol. The molecule has 0 fully saturated rings. The highest BCUT2D eigenvalue weighted by molar-refractivity contribution is 6.30. The van der Waals surface area contributed by atoms with Gasteiger partial charge in [-0.05, 0) is 23.8 Å². The van der Waals surface area contributed by atoms with Gasteiger partial charge in [0.05, 0.1) is 5.02 Å². The van der Waals surface area contributed by atoms with E-state index in [-0.39, 0.29) is 5.02 Å². The maximum Gasteiger partial charge on any atom is 0.143 e. The molecule has 16 heavy (non-hydrogen) atoms. The molecule has 0 amide bonds. The summed E-state index contributed by atoms with van der Waals surface area (Å²) >= 11 is 5.60. The second kappa shape index (κ2) is 4.99. The van der Waals surface area contributed by atoms with Gasteiger partial charge in [-0.25, -0.2) is 4.39 Å². The summed E-state index contributed by atoms with van der Waals surface area (Å²) in [7, 11) is 0. The normalized spacial score (nSPS) is 10.1. The quantitative estimate of drug-likeness (QED) is 0.845. The highest BCUT2D eigenvalue weighted by atomic mass is 35.5. The zero-order valence-corrected chi connectivity index (χ0v) is 9.34. The summed E-state index contributed by atoms with van der Waals surface area (Å²) < 4.78 is 13.1. The molecule has 0 radical (unpaired) electrons. The third kappa shape index (κ3) is 2.74. The van der Waals surface area contributed by atoms with Crippen molar-refractivity contribution in [2.75, 3.05) is 5.32 Å². The van der Waals surface area contributed by atoms with Crippen LogP contribution in [0.25, 0.3) is 0 Å². The Morgan fingerprint density at radius 2 is 1.81 bits per heavy atom. The Morgan fingerprint density at radius 1 is 1.06 bits per heavy atom. The van der Waals surface area contributed by atoms with Gasteiger partial charge in [0.25, 0.3) is 0 Å². The lowest BCUT2D eigenvalue weighted by molar-refractivity contribution is 0.628. The van der Waals surface area contributed by atoms with Crippen LogP contribution in [0.1, 0.15) is 5.56 Å². The molecule has 1 N–H and O–H groups in total. The lowest BCUT2D eigenvalue weighted by Gasteiger charge is -2.06. The van der Waals surface area contributed by atoms with Gasteiger partial charge in [0.2, 0.25) is 0 Å². The van der Waals surface area contributed by atoms with Crippen LogP contribution in [0.4, 0.5) is 10.1 Å². The number of benzene rings is 2. The standard InChI is InChI=1S/C13H11ClFN/c14-12-7-6-11(8-13(12)15)16-9-10-4-2-1-3-5-10/h1-8,16H,9H2. The van der Waals surface area contributed by atoms with Crippen LogP contribution < -0.4 is 5.32 Å². The molecule has 0 unspecified atom stereocenters. The van der Waals surface area contributed by atoms with Gasteiger partial charge in [-0.2, -0.15) is 0 Å². The number of hydrogen-bond donors (Lipinski definition) is 1. The second-order valence-corrected chi connectivity index (χ2v) is 3.88. The van der Waals surface area contributed by atoms with Gasteiger partial charge < -0.3 is 5.32 Å². The minimum atomic E-state index is -0.403. The zero-order valence-electron chi connectivity index (χ0n) is 8.58. The number of hydrogen-bond acceptors (Lipinski definition) is 1. The first-order valence-electron chi connectivity index (χ1n) is 4.98. The molecule has 1 nitrogen and oxygen atoms in total. The van der Waals surface area contributed by atoms with Gasteiger partial charge in [-0.3, -0.25) is 0 Å². The molecule has 0 bridgehead atoms. The third-order valence-electron chi connectivity index (χ3n) is 2.26. The number of halogens is 2. The number of rotatable bonds is 3. The summed E-state index contributed by atoms with van der Waals surface area (Å²) in [5.74, 6) is -0.403. The van der Waals surface area contributed by atoms with E-state index in [9.17, 15) is 4.39 Å². The molecule has 0 aliphatic carbocycles. The Kier molecular flexibility index (Phi) is 3.42. The largest absolute Gasteiger partial charge is 0.381 e. The molecule has 2 rings (SSSR count). The van der Waals surface area contributed by atoms with E-state index in [0.717, 1.165) is 11.3 Å². The SMILES string of the molecule is Fc1cc(NCc2ccccc2)ccc1Cl. The molecule has 0 aromatic heterocycles. The van der Waals surface area contributed by atoms with Crippen LogP contribution in [0.15, 0.2) is 48.5 Å². The molecule has 3 heteroatoms.